The molecule has 0 N–H and O–H groups in total. The quantitative estimate of drug-likeness (QED) is 0.472. The van der Waals surface area contributed by atoms with Gasteiger partial charge in [0, 0.05) is 32.2 Å². The number of rotatable bonds is 3. The van der Waals surface area contributed by atoms with E-state index in [-0.39, 0.29) is 11.9 Å². The Bertz CT molecular complexity index is 1410. The van der Waals surface area contributed by atoms with Crippen molar-refractivity contribution in [1.29, 1.82) is 0 Å². The van der Waals surface area contributed by atoms with Crippen LogP contribution in [0.3, 0.4) is 0 Å². The summed E-state index contributed by atoms with van der Waals surface area (Å²) < 4.78 is 29.8. The van der Waals surface area contributed by atoms with E-state index in [0.29, 0.717) is 41.0 Å². The summed E-state index contributed by atoms with van der Waals surface area (Å²) in [5, 5.41) is 5.05. The van der Waals surface area contributed by atoms with E-state index in [0.717, 1.165) is 23.5 Å². The predicted molar refractivity (Wildman–Crippen MR) is 118 cm³/mol. The van der Waals surface area contributed by atoms with Gasteiger partial charge >= 0.3 is 0 Å². The van der Waals surface area contributed by atoms with E-state index in [1.54, 1.807) is 28.9 Å². The molecule has 10 heteroatoms. The van der Waals surface area contributed by atoms with Crippen LogP contribution < -0.4 is 9.80 Å². The molecule has 0 bridgehead atoms. The van der Waals surface area contributed by atoms with Crippen molar-refractivity contribution < 1.29 is 18.4 Å². The van der Waals surface area contributed by atoms with E-state index in [4.69, 9.17) is 4.98 Å². The summed E-state index contributed by atoms with van der Waals surface area (Å²) in [6, 6.07) is 8.23. The van der Waals surface area contributed by atoms with Crippen LogP contribution in [0.25, 0.3) is 16.7 Å². The van der Waals surface area contributed by atoms with Gasteiger partial charge in [-0.15, -0.1) is 5.10 Å². The van der Waals surface area contributed by atoms with Crippen LogP contribution >= 0.6 is 0 Å². The van der Waals surface area contributed by atoms with Gasteiger partial charge in [0.05, 0.1) is 11.4 Å². The van der Waals surface area contributed by atoms with Gasteiger partial charge in [-0.1, -0.05) is 0 Å². The Morgan fingerprint density at radius 1 is 1.06 bits per heavy atom. The van der Waals surface area contributed by atoms with Gasteiger partial charge in [0.2, 0.25) is 11.8 Å². The molecule has 1 aliphatic heterocycles. The molecule has 4 aromatic rings. The zero-order chi connectivity index (χ0) is 23.3. The number of halogens is 2. The molecule has 1 aliphatic rings. The van der Waals surface area contributed by atoms with Gasteiger partial charge in [-0.2, -0.15) is 0 Å². The lowest BCUT2D eigenvalue weighted by Gasteiger charge is -2.26. The molecule has 8 nitrogen and oxygen atoms in total. The molecule has 0 spiro atoms. The van der Waals surface area contributed by atoms with Crippen molar-refractivity contribution >= 4 is 40.1 Å². The van der Waals surface area contributed by atoms with Crippen LogP contribution in [0.2, 0.25) is 0 Å². The van der Waals surface area contributed by atoms with E-state index in [2.05, 4.69) is 10.1 Å². The van der Waals surface area contributed by atoms with E-state index in [9.17, 15) is 18.4 Å². The Labute approximate surface area is 187 Å². The number of hydrogen-bond donors (Lipinski definition) is 0. The van der Waals surface area contributed by atoms with Crippen LogP contribution in [0.5, 0.6) is 0 Å². The minimum absolute atomic E-state index is 0.187. The predicted octanol–water partition coefficient (Wildman–Crippen LogP) is 3.80. The molecule has 33 heavy (non-hydrogen) atoms. The zero-order valence-electron chi connectivity index (χ0n) is 18.0. The first-order chi connectivity index (χ1) is 15.8. The lowest BCUT2D eigenvalue weighted by molar-refractivity contribution is -0.124. The third kappa shape index (κ3) is 3.57. The molecular weight excluding hydrogens is 430 g/mol. The van der Waals surface area contributed by atoms with Crippen molar-refractivity contribution in [2.45, 2.75) is 32.7 Å². The number of amides is 2. The summed E-state index contributed by atoms with van der Waals surface area (Å²) in [4.78, 5) is 35.8. The van der Waals surface area contributed by atoms with E-state index in [1.165, 1.54) is 19.9 Å². The third-order valence-electron chi connectivity index (χ3n) is 5.83. The maximum Gasteiger partial charge on any atom is 0.231 e. The Morgan fingerprint density at radius 3 is 2.61 bits per heavy atom. The van der Waals surface area contributed by atoms with E-state index >= 15 is 0 Å². The standard InChI is InChI=1S/C23H20F2N6O2/c1-13(32)31(14(2)33)21-8-6-16-22(26-21)28-30-11-9-20(27-23(16)30)29-10-3-4-19(29)17-12-15(24)5-7-18(17)25/h5-9,11-12,19H,3-4,10H2,1-2H3/t19-/m1/s1. The number of pyridine rings is 1. The molecule has 4 heterocycles. The first-order valence-corrected chi connectivity index (χ1v) is 10.5. The molecule has 1 fully saturated rings. The summed E-state index contributed by atoms with van der Waals surface area (Å²) in [6.07, 6.45) is 3.23. The molecule has 2 amide bonds. The Morgan fingerprint density at radius 2 is 1.85 bits per heavy atom. The molecule has 0 unspecified atom stereocenters. The normalized spacial score (nSPS) is 16.0. The van der Waals surface area contributed by atoms with Gasteiger partial charge in [-0.05, 0) is 49.2 Å². The number of hydrogen-bond acceptors (Lipinski definition) is 6. The van der Waals surface area contributed by atoms with Crippen LogP contribution in [0.1, 0.15) is 38.3 Å². The van der Waals surface area contributed by atoms with Gasteiger partial charge in [0.15, 0.2) is 11.3 Å². The van der Waals surface area contributed by atoms with Crippen molar-refractivity contribution in [2.75, 3.05) is 16.3 Å². The number of nitrogens with zero attached hydrogens (tertiary/aromatic N) is 6. The molecular formula is C23H20F2N6O2. The monoisotopic (exact) mass is 450 g/mol. The molecule has 5 rings (SSSR count). The molecule has 1 aromatic carbocycles. The average Bonchev–Trinajstić information content (AvgIpc) is 3.38. The average molecular weight is 450 g/mol. The first kappa shape index (κ1) is 20.9. The highest BCUT2D eigenvalue weighted by molar-refractivity contribution is 6.13. The SMILES string of the molecule is CC(=O)N(C(C)=O)c1ccc2c(n1)nn1ccc(N3CCC[C@@H]3c3cc(F)ccc3F)nc21. The molecule has 168 valence electrons. The minimum atomic E-state index is -0.476. The van der Waals surface area contributed by atoms with Crippen molar-refractivity contribution in [3.05, 3.63) is 59.8 Å². The summed E-state index contributed by atoms with van der Waals surface area (Å²) in [5.74, 6) is -0.996. The van der Waals surface area contributed by atoms with Crippen molar-refractivity contribution in [2.24, 2.45) is 0 Å². The number of benzene rings is 1. The maximum absolute atomic E-state index is 14.5. The second-order valence-corrected chi connectivity index (χ2v) is 7.99. The molecule has 0 saturated carbocycles. The number of aromatic nitrogens is 4. The van der Waals surface area contributed by atoms with Gasteiger partial charge < -0.3 is 4.90 Å². The summed E-state index contributed by atoms with van der Waals surface area (Å²) in [5.41, 5.74) is 1.18. The summed E-state index contributed by atoms with van der Waals surface area (Å²) in [6.45, 7) is 3.24. The fourth-order valence-corrected chi connectivity index (χ4v) is 4.42. The molecule has 0 radical (unpaired) electrons. The Hall–Kier alpha value is -3.95. The molecule has 1 saturated heterocycles. The fourth-order valence-electron chi connectivity index (χ4n) is 4.42. The van der Waals surface area contributed by atoms with Crippen LogP contribution in [-0.2, 0) is 9.59 Å². The van der Waals surface area contributed by atoms with E-state index < -0.39 is 23.4 Å². The van der Waals surface area contributed by atoms with Crippen LogP contribution in [-0.4, -0.2) is 37.9 Å². The largest absolute Gasteiger partial charge is 0.349 e. The summed E-state index contributed by atoms with van der Waals surface area (Å²) >= 11 is 0. The smallest absolute Gasteiger partial charge is 0.231 e. The summed E-state index contributed by atoms with van der Waals surface area (Å²) in [7, 11) is 0. The number of anilines is 2. The number of fused-ring (bicyclic) bond motifs is 3. The number of carbonyl (C=O) groups excluding carboxylic acids is 2. The highest BCUT2D eigenvalue weighted by atomic mass is 19.1. The topological polar surface area (TPSA) is 83.7 Å². The minimum Gasteiger partial charge on any atom is -0.349 e. The lowest BCUT2D eigenvalue weighted by atomic mass is 10.0. The number of carbonyl (C=O) groups is 2. The molecule has 1 atom stereocenters. The molecule has 0 aliphatic carbocycles. The van der Waals surface area contributed by atoms with Crippen LogP contribution in [0.4, 0.5) is 20.4 Å². The van der Waals surface area contributed by atoms with Gasteiger partial charge in [0.25, 0.3) is 0 Å². The molecule has 3 aromatic heterocycles. The van der Waals surface area contributed by atoms with Crippen LogP contribution in [0.15, 0.2) is 42.6 Å². The van der Waals surface area contributed by atoms with Crippen molar-refractivity contribution in [3.8, 4) is 0 Å². The van der Waals surface area contributed by atoms with E-state index in [1.807, 2.05) is 4.90 Å². The Kier molecular flexibility index (Phi) is 4.99. The van der Waals surface area contributed by atoms with Gasteiger partial charge in [0.1, 0.15) is 23.3 Å². The Balaban J connectivity index is 1.56. The van der Waals surface area contributed by atoms with Gasteiger partial charge in [-0.3, -0.25) is 9.59 Å². The fraction of sp³-hybridized carbons (Fsp3) is 0.261. The highest BCUT2D eigenvalue weighted by Gasteiger charge is 2.30. The highest BCUT2D eigenvalue weighted by Crippen LogP contribution is 2.37. The number of imide groups is 1. The van der Waals surface area contributed by atoms with Gasteiger partial charge in [-0.25, -0.2) is 28.2 Å². The van der Waals surface area contributed by atoms with Crippen LogP contribution in [0, 0.1) is 11.6 Å². The zero-order valence-corrected chi connectivity index (χ0v) is 18.0. The second kappa shape index (κ2) is 7.88. The van der Waals surface area contributed by atoms with Crippen molar-refractivity contribution in [3.63, 3.8) is 0 Å². The first-order valence-electron chi connectivity index (χ1n) is 10.5. The van der Waals surface area contributed by atoms with Crippen molar-refractivity contribution in [1.82, 2.24) is 19.6 Å². The third-order valence-corrected chi connectivity index (χ3v) is 5.83. The maximum atomic E-state index is 14.5. The second-order valence-electron chi connectivity index (χ2n) is 7.99. The lowest BCUT2D eigenvalue weighted by Crippen LogP contribution is -2.33.